The first kappa shape index (κ1) is 14.9. The van der Waals surface area contributed by atoms with Crippen LogP contribution in [0.5, 0.6) is 0 Å². The number of hydrogen-bond acceptors (Lipinski definition) is 2. The van der Waals surface area contributed by atoms with Crippen molar-refractivity contribution >= 4 is 52.4 Å². The molecule has 0 aliphatic carbocycles. The van der Waals surface area contributed by atoms with Crippen LogP contribution in [0.4, 0.5) is 0 Å². The van der Waals surface area contributed by atoms with Gasteiger partial charge >= 0.3 is 5.97 Å². The van der Waals surface area contributed by atoms with Gasteiger partial charge in [-0.1, -0.05) is 30.3 Å². The zero-order valence-corrected chi connectivity index (χ0v) is 11.7. The fraction of sp³-hybridized carbons (Fsp3) is 0.364. The van der Waals surface area contributed by atoms with Crippen LogP contribution in [0, 0.1) is 0 Å². The maximum atomic E-state index is 11.5. The van der Waals surface area contributed by atoms with Crippen molar-refractivity contribution in [2.75, 3.05) is 0 Å². The summed E-state index contributed by atoms with van der Waals surface area (Å²) < 4.78 is 4.99. The van der Waals surface area contributed by atoms with E-state index >= 15 is 0 Å². The maximum Gasteiger partial charge on any atom is 0.326 e. The number of carbonyl (C=O) groups is 1. The maximum absolute atomic E-state index is 11.5. The number of ether oxygens (including phenoxy) is 1. The largest absolute Gasteiger partial charge is 0.460 e. The predicted molar refractivity (Wildman–Crippen MR) is 71.0 cm³/mol. The molecule has 94 valence electrons. The molecular formula is C11H10Cl4O2. The minimum atomic E-state index is -1.07. The fourth-order valence-electron chi connectivity index (χ4n) is 1.07. The van der Waals surface area contributed by atoms with Crippen LogP contribution in [0.3, 0.4) is 0 Å². The third-order valence-electron chi connectivity index (χ3n) is 1.97. The van der Waals surface area contributed by atoms with Gasteiger partial charge < -0.3 is 4.74 Å². The van der Waals surface area contributed by atoms with E-state index in [2.05, 4.69) is 0 Å². The average Bonchev–Trinajstić information content (AvgIpc) is 2.35. The minimum absolute atomic E-state index is 0.141. The van der Waals surface area contributed by atoms with Gasteiger partial charge in [0.25, 0.3) is 0 Å². The van der Waals surface area contributed by atoms with Crippen LogP contribution in [-0.4, -0.2) is 21.6 Å². The van der Waals surface area contributed by atoms with Gasteiger partial charge in [-0.2, -0.15) is 0 Å². The van der Waals surface area contributed by atoms with E-state index < -0.39 is 21.6 Å². The van der Waals surface area contributed by atoms with Crippen LogP contribution in [0.1, 0.15) is 5.56 Å². The first-order chi connectivity index (χ1) is 8.02. The topological polar surface area (TPSA) is 26.3 Å². The Morgan fingerprint density at radius 2 is 1.71 bits per heavy atom. The third kappa shape index (κ3) is 4.92. The Kier molecular flexibility index (Phi) is 6.42. The van der Waals surface area contributed by atoms with Gasteiger partial charge in [0.15, 0.2) is 0 Å². The van der Waals surface area contributed by atoms with E-state index in [-0.39, 0.29) is 6.61 Å². The lowest BCUT2D eigenvalue weighted by molar-refractivity contribution is -0.144. The van der Waals surface area contributed by atoms with Gasteiger partial charge in [0.2, 0.25) is 0 Å². The normalized spacial score (nSPS) is 14.4. The third-order valence-corrected chi connectivity index (χ3v) is 3.85. The number of benzene rings is 1. The van der Waals surface area contributed by atoms with Gasteiger partial charge in [0, 0.05) is 0 Å². The second-order valence-electron chi connectivity index (χ2n) is 3.27. The summed E-state index contributed by atoms with van der Waals surface area (Å²) in [5.74, 6) is -0.637. The standard InChI is InChI=1S/C11H10Cl4O2/c12-8(10(14)15)9(13)11(16)17-6-7-4-2-1-3-5-7/h1-5,8-10H,6H2. The molecule has 0 aromatic heterocycles. The Morgan fingerprint density at radius 1 is 1.12 bits per heavy atom. The van der Waals surface area contributed by atoms with Crippen LogP contribution in [-0.2, 0) is 16.1 Å². The zero-order chi connectivity index (χ0) is 12.8. The van der Waals surface area contributed by atoms with E-state index in [4.69, 9.17) is 51.1 Å². The first-order valence-corrected chi connectivity index (χ1v) is 6.54. The molecule has 0 N–H and O–H groups in total. The second-order valence-corrected chi connectivity index (χ2v) is 5.41. The molecule has 0 spiro atoms. The van der Waals surface area contributed by atoms with Gasteiger partial charge in [-0.25, -0.2) is 0 Å². The Hall–Kier alpha value is -0.150. The Morgan fingerprint density at radius 3 is 2.24 bits per heavy atom. The van der Waals surface area contributed by atoms with Crippen molar-refractivity contribution in [1.29, 1.82) is 0 Å². The van der Waals surface area contributed by atoms with E-state index in [1.54, 1.807) is 0 Å². The molecule has 6 heteroatoms. The van der Waals surface area contributed by atoms with Gasteiger partial charge in [-0.05, 0) is 5.56 Å². The molecule has 1 aromatic carbocycles. The van der Waals surface area contributed by atoms with Crippen molar-refractivity contribution in [3.8, 4) is 0 Å². The van der Waals surface area contributed by atoms with Crippen LogP contribution in [0.15, 0.2) is 30.3 Å². The lowest BCUT2D eigenvalue weighted by Crippen LogP contribution is -2.31. The number of hydrogen-bond donors (Lipinski definition) is 0. The van der Waals surface area contributed by atoms with E-state index in [0.717, 1.165) is 5.56 Å². The quantitative estimate of drug-likeness (QED) is 0.611. The molecule has 1 aromatic rings. The first-order valence-electron chi connectivity index (χ1n) is 4.79. The van der Waals surface area contributed by atoms with E-state index in [9.17, 15) is 4.79 Å². The average molecular weight is 316 g/mol. The van der Waals surface area contributed by atoms with Gasteiger partial charge in [0.05, 0.1) is 5.38 Å². The van der Waals surface area contributed by atoms with Crippen LogP contribution < -0.4 is 0 Å². The van der Waals surface area contributed by atoms with E-state index in [1.165, 1.54) is 0 Å². The lowest BCUT2D eigenvalue weighted by Gasteiger charge is -2.15. The highest BCUT2D eigenvalue weighted by molar-refractivity contribution is 6.50. The molecule has 1 rings (SSSR count). The highest BCUT2D eigenvalue weighted by Gasteiger charge is 2.30. The van der Waals surface area contributed by atoms with E-state index in [1.807, 2.05) is 30.3 Å². The van der Waals surface area contributed by atoms with Crippen molar-refractivity contribution in [1.82, 2.24) is 0 Å². The molecule has 17 heavy (non-hydrogen) atoms. The number of alkyl halides is 4. The Balaban J connectivity index is 2.45. The SMILES string of the molecule is O=C(OCc1ccccc1)C(Cl)C(Cl)C(Cl)Cl. The molecule has 0 aliphatic rings. The molecule has 0 saturated carbocycles. The summed E-state index contributed by atoms with van der Waals surface area (Å²) in [5.41, 5.74) is 0.865. The van der Waals surface area contributed by atoms with Gasteiger partial charge in [-0.15, -0.1) is 46.4 Å². The van der Waals surface area contributed by atoms with Crippen LogP contribution in [0.25, 0.3) is 0 Å². The molecule has 0 heterocycles. The smallest absolute Gasteiger partial charge is 0.326 e. The Labute approximate surface area is 120 Å². The summed E-state index contributed by atoms with van der Waals surface area (Å²) in [5, 5.41) is -1.95. The molecule has 2 nitrogen and oxygen atoms in total. The minimum Gasteiger partial charge on any atom is -0.460 e. The summed E-state index contributed by atoms with van der Waals surface area (Å²) in [6, 6.07) is 9.23. The van der Waals surface area contributed by atoms with Crippen molar-refractivity contribution in [3.05, 3.63) is 35.9 Å². The molecule has 0 bridgehead atoms. The predicted octanol–water partition coefficient (Wildman–Crippen LogP) is 3.75. The molecule has 0 aliphatic heterocycles. The Bertz CT molecular complexity index is 356. The molecule has 2 unspecified atom stereocenters. The summed E-state index contributed by atoms with van der Waals surface area (Å²) in [6.07, 6.45) is 0. The molecule has 0 amide bonds. The van der Waals surface area contributed by atoms with Crippen molar-refractivity contribution in [3.63, 3.8) is 0 Å². The summed E-state index contributed by atoms with van der Waals surface area (Å²) in [6.45, 7) is 0.141. The second kappa shape index (κ2) is 7.32. The molecule has 0 fully saturated rings. The number of esters is 1. The van der Waals surface area contributed by atoms with Gasteiger partial charge in [0.1, 0.15) is 16.8 Å². The number of carbonyl (C=O) groups excluding carboxylic acids is 1. The fourth-order valence-corrected chi connectivity index (χ4v) is 1.82. The van der Waals surface area contributed by atoms with Crippen LogP contribution >= 0.6 is 46.4 Å². The van der Waals surface area contributed by atoms with Crippen LogP contribution in [0.2, 0.25) is 0 Å². The summed E-state index contributed by atoms with van der Waals surface area (Å²) in [4.78, 5) is 10.6. The van der Waals surface area contributed by atoms with Crippen molar-refractivity contribution < 1.29 is 9.53 Å². The summed E-state index contributed by atoms with van der Waals surface area (Å²) in [7, 11) is 0. The number of halogens is 4. The van der Waals surface area contributed by atoms with Crippen molar-refractivity contribution in [2.24, 2.45) is 0 Å². The summed E-state index contributed by atoms with van der Waals surface area (Å²) >= 11 is 22.6. The van der Waals surface area contributed by atoms with Crippen molar-refractivity contribution in [2.45, 2.75) is 22.2 Å². The molecule has 0 saturated heterocycles. The molecule has 0 radical (unpaired) electrons. The monoisotopic (exact) mass is 314 g/mol. The van der Waals surface area contributed by atoms with Gasteiger partial charge in [-0.3, -0.25) is 4.79 Å². The lowest BCUT2D eigenvalue weighted by atomic mass is 10.2. The highest BCUT2D eigenvalue weighted by atomic mass is 35.5. The molecule has 2 atom stereocenters. The van der Waals surface area contributed by atoms with E-state index in [0.29, 0.717) is 0 Å². The molecular weight excluding hydrogens is 306 g/mol. The zero-order valence-electron chi connectivity index (χ0n) is 8.65. The highest BCUT2D eigenvalue weighted by Crippen LogP contribution is 2.22. The number of rotatable bonds is 5.